The Hall–Kier alpha value is -1.97. The van der Waals surface area contributed by atoms with E-state index in [1.54, 1.807) is 0 Å². The fourth-order valence-corrected chi connectivity index (χ4v) is 3.11. The summed E-state index contributed by atoms with van der Waals surface area (Å²) in [5.74, 6) is 1.80. The fourth-order valence-electron chi connectivity index (χ4n) is 3.11. The minimum absolute atomic E-state index is 0.246. The third kappa shape index (κ3) is 1.63. The monoisotopic (exact) mass is 257 g/mol. The van der Waals surface area contributed by atoms with Crippen LogP contribution in [0.4, 0.5) is 0 Å². The quantitative estimate of drug-likeness (QED) is 0.772. The molecule has 0 saturated heterocycles. The maximum absolute atomic E-state index is 12.3. The van der Waals surface area contributed by atoms with Crippen LogP contribution in [-0.4, -0.2) is 19.1 Å². The number of hydrogen-bond donors (Lipinski definition) is 1. The van der Waals surface area contributed by atoms with Gasteiger partial charge >= 0.3 is 0 Å². The molecule has 0 spiro atoms. The highest BCUT2D eigenvalue weighted by molar-refractivity contribution is 6.22. The molecule has 1 aliphatic carbocycles. The third-order valence-corrected chi connectivity index (χ3v) is 4.01. The molecule has 0 saturated carbocycles. The molecular formula is C15H15NO3. The van der Waals surface area contributed by atoms with E-state index in [0.717, 1.165) is 54.1 Å². The number of carbonyl (C=O) groups excluding carboxylic acids is 1. The summed E-state index contributed by atoms with van der Waals surface area (Å²) in [6, 6.07) is 4.00. The number of ketones is 1. The second-order valence-corrected chi connectivity index (χ2v) is 5.17. The summed E-state index contributed by atoms with van der Waals surface area (Å²) in [6.07, 6.45) is 3.47. The first kappa shape index (κ1) is 10.9. The van der Waals surface area contributed by atoms with Gasteiger partial charge in [-0.1, -0.05) is 0 Å². The predicted molar refractivity (Wildman–Crippen MR) is 70.0 cm³/mol. The first-order chi connectivity index (χ1) is 9.33. The van der Waals surface area contributed by atoms with E-state index < -0.39 is 0 Å². The van der Waals surface area contributed by atoms with Crippen LogP contribution in [0, 0.1) is 0 Å². The summed E-state index contributed by atoms with van der Waals surface area (Å²) in [6.45, 7) is 1.15. The lowest BCUT2D eigenvalue weighted by Gasteiger charge is -2.19. The van der Waals surface area contributed by atoms with Gasteiger partial charge in [-0.15, -0.1) is 0 Å². The van der Waals surface area contributed by atoms with Gasteiger partial charge in [-0.2, -0.15) is 0 Å². The highest BCUT2D eigenvalue weighted by Gasteiger charge is 2.28. The Labute approximate surface area is 111 Å². The highest BCUT2D eigenvalue weighted by Crippen LogP contribution is 2.40. The van der Waals surface area contributed by atoms with Crippen LogP contribution in [0.2, 0.25) is 0 Å². The summed E-state index contributed by atoms with van der Waals surface area (Å²) < 4.78 is 10.9. The van der Waals surface area contributed by atoms with Crippen LogP contribution < -0.4 is 14.8 Å². The van der Waals surface area contributed by atoms with Crippen molar-refractivity contribution in [3.05, 3.63) is 29.0 Å². The number of nitrogens with one attached hydrogen (secondary N) is 1. The van der Waals surface area contributed by atoms with E-state index >= 15 is 0 Å². The number of rotatable bonds is 0. The minimum Gasteiger partial charge on any atom is -0.454 e. The number of allylic oxidation sites excluding steroid dienone is 2. The van der Waals surface area contributed by atoms with Gasteiger partial charge in [0.05, 0.1) is 0 Å². The first-order valence-corrected chi connectivity index (χ1v) is 6.76. The molecule has 0 fully saturated rings. The number of hydrogen-bond acceptors (Lipinski definition) is 4. The van der Waals surface area contributed by atoms with Gasteiger partial charge in [0.15, 0.2) is 17.3 Å². The second-order valence-electron chi connectivity index (χ2n) is 5.17. The molecule has 98 valence electrons. The predicted octanol–water partition coefficient (Wildman–Crippen LogP) is 2.03. The van der Waals surface area contributed by atoms with Gasteiger partial charge in [-0.25, -0.2) is 0 Å². The average molecular weight is 257 g/mol. The molecule has 1 aromatic carbocycles. The van der Waals surface area contributed by atoms with E-state index in [0.29, 0.717) is 6.42 Å². The fraction of sp³-hybridized carbons (Fsp3) is 0.400. The average Bonchev–Trinajstić information content (AvgIpc) is 2.77. The molecule has 3 aliphatic rings. The van der Waals surface area contributed by atoms with E-state index in [1.807, 2.05) is 12.1 Å². The standard InChI is InChI=1S/C15H15NO3/c17-12-3-1-2-11-15(12)10-7-14-13(18-8-19-14)6-9(10)4-5-16-11/h6-7,16H,1-5,8H2. The maximum atomic E-state index is 12.3. The molecule has 19 heavy (non-hydrogen) atoms. The molecule has 1 aromatic rings. The zero-order chi connectivity index (χ0) is 12.8. The Bertz CT molecular complexity index is 604. The summed E-state index contributed by atoms with van der Waals surface area (Å²) in [5, 5.41) is 3.41. The molecule has 0 atom stereocenters. The largest absolute Gasteiger partial charge is 0.454 e. The van der Waals surface area contributed by atoms with Crippen LogP contribution in [0.3, 0.4) is 0 Å². The first-order valence-electron chi connectivity index (χ1n) is 6.76. The lowest BCUT2D eigenvalue weighted by atomic mass is 9.87. The molecule has 0 amide bonds. The summed E-state index contributed by atoms with van der Waals surface area (Å²) in [7, 11) is 0. The van der Waals surface area contributed by atoms with E-state index in [4.69, 9.17) is 9.47 Å². The lowest BCUT2D eigenvalue weighted by molar-refractivity contribution is -0.114. The summed E-state index contributed by atoms with van der Waals surface area (Å²) in [4.78, 5) is 12.3. The maximum Gasteiger partial charge on any atom is 0.231 e. The van der Waals surface area contributed by atoms with Crippen molar-refractivity contribution in [3.63, 3.8) is 0 Å². The Morgan fingerprint density at radius 1 is 1.05 bits per heavy atom. The Morgan fingerprint density at radius 2 is 1.89 bits per heavy atom. The molecular weight excluding hydrogens is 242 g/mol. The normalized spacial score (nSPS) is 20.5. The molecule has 4 heteroatoms. The smallest absolute Gasteiger partial charge is 0.231 e. The van der Waals surface area contributed by atoms with Gasteiger partial charge in [0, 0.05) is 24.2 Å². The van der Waals surface area contributed by atoms with Crippen molar-refractivity contribution in [2.75, 3.05) is 13.3 Å². The van der Waals surface area contributed by atoms with Crippen LogP contribution in [0.5, 0.6) is 11.5 Å². The molecule has 2 heterocycles. The van der Waals surface area contributed by atoms with Gasteiger partial charge < -0.3 is 14.8 Å². The van der Waals surface area contributed by atoms with E-state index in [9.17, 15) is 4.79 Å². The second kappa shape index (κ2) is 4.02. The van der Waals surface area contributed by atoms with Gasteiger partial charge in [0.1, 0.15) is 0 Å². The van der Waals surface area contributed by atoms with Crippen molar-refractivity contribution in [1.29, 1.82) is 0 Å². The molecule has 2 aliphatic heterocycles. The lowest BCUT2D eigenvalue weighted by Crippen LogP contribution is -2.20. The van der Waals surface area contributed by atoms with Crippen LogP contribution in [-0.2, 0) is 11.2 Å². The highest BCUT2D eigenvalue weighted by atomic mass is 16.7. The molecule has 0 unspecified atom stereocenters. The van der Waals surface area contributed by atoms with Crippen molar-refractivity contribution in [2.24, 2.45) is 0 Å². The molecule has 4 nitrogen and oxygen atoms in total. The molecule has 0 radical (unpaired) electrons. The van der Waals surface area contributed by atoms with Gasteiger partial charge in [-0.3, -0.25) is 4.79 Å². The third-order valence-electron chi connectivity index (χ3n) is 4.01. The van der Waals surface area contributed by atoms with Crippen LogP contribution in [0.1, 0.15) is 30.4 Å². The molecule has 0 aromatic heterocycles. The summed E-state index contributed by atoms with van der Waals surface area (Å²) in [5.41, 5.74) is 4.19. The van der Waals surface area contributed by atoms with E-state index in [1.165, 1.54) is 5.56 Å². The Morgan fingerprint density at radius 3 is 2.79 bits per heavy atom. The zero-order valence-corrected chi connectivity index (χ0v) is 10.6. The van der Waals surface area contributed by atoms with Crippen molar-refractivity contribution in [3.8, 4) is 11.5 Å². The molecule has 0 bridgehead atoms. The molecule has 1 N–H and O–H groups in total. The zero-order valence-electron chi connectivity index (χ0n) is 10.6. The van der Waals surface area contributed by atoms with Crippen molar-refractivity contribution in [1.82, 2.24) is 5.32 Å². The van der Waals surface area contributed by atoms with E-state index in [-0.39, 0.29) is 12.6 Å². The Kier molecular flexibility index (Phi) is 2.31. The van der Waals surface area contributed by atoms with Crippen LogP contribution in [0.25, 0.3) is 5.57 Å². The molecule has 4 rings (SSSR count). The number of ether oxygens (including phenoxy) is 2. The Balaban J connectivity index is 1.93. The van der Waals surface area contributed by atoms with Gasteiger partial charge in [-0.05, 0) is 42.5 Å². The van der Waals surface area contributed by atoms with Crippen LogP contribution >= 0.6 is 0 Å². The minimum atomic E-state index is 0.246. The SMILES string of the molecule is O=C1CCCC2=C1c1cc3c(cc1CCN2)OCO3. The topological polar surface area (TPSA) is 47.6 Å². The van der Waals surface area contributed by atoms with Crippen molar-refractivity contribution < 1.29 is 14.3 Å². The van der Waals surface area contributed by atoms with Crippen LogP contribution in [0.15, 0.2) is 17.8 Å². The number of benzene rings is 1. The number of carbonyl (C=O) groups is 1. The van der Waals surface area contributed by atoms with Crippen molar-refractivity contribution in [2.45, 2.75) is 25.7 Å². The number of Topliss-reactive ketones (excluding diaryl/α,β-unsaturated/α-hetero) is 1. The van der Waals surface area contributed by atoms with E-state index in [2.05, 4.69) is 5.32 Å². The van der Waals surface area contributed by atoms with Gasteiger partial charge in [0.2, 0.25) is 6.79 Å². The van der Waals surface area contributed by atoms with Crippen molar-refractivity contribution >= 4 is 11.4 Å². The number of fused-ring (bicyclic) bond motifs is 3. The van der Waals surface area contributed by atoms with Gasteiger partial charge in [0.25, 0.3) is 0 Å². The summed E-state index contributed by atoms with van der Waals surface area (Å²) >= 11 is 0.